The van der Waals surface area contributed by atoms with Crippen molar-refractivity contribution < 1.29 is 69.1 Å². The zero-order chi connectivity index (χ0) is 10.8. The van der Waals surface area contributed by atoms with Crippen LogP contribution in [0, 0.1) is 0 Å². The van der Waals surface area contributed by atoms with E-state index in [0.717, 1.165) is 18.3 Å². The first-order valence-electron chi connectivity index (χ1n) is 3.83. The molecule has 0 aliphatic heterocycles. The molecule has 0 saturated carbocycles. The summed E-state index contributed by atoms with van der Waals surface area (Å²) in [6.07, 6.45) is 1.01. The first-order chi connectivity index (χ1) is 6.39. The van der Waals surface area contributed by atoms with E-state index in [1.54, 1.807) is 0 Å². The predicted molar refractivity (Wildman–Crippen MR) is 47.3 cm³/mol. The number of anilines is 1. The molecule has 0 saturated heterocycles. The number of amides is 1. The molecule has 0 aliphatic carbocycles. The second-order valence-electron chi connectivity index (χ2n) is 2.73. The van der Waals surface area contributed by atoms with Crippen molar-refractivity contribution in [1.82, 2.24) is 4.98 Å². The van der Waals surface area contributed by atoms with Crippen molar-refractivity contribution in [2.75, 3.05) is 5.32 Å². The van der Waals surface area contributed by atoms with Crippen molar-refractivity contribution in [2.24, 2.45) is 0 Å². The van der Waals surface area contributed by atoms with Crippen LogP contribution in [0.25, 0.3) is 0 Å². The number of carbonyl (C=O) groups is 1. The molecule has 1 aromatic rings. The smallest absolute Gasteiger partial charge is 0.445 e. The summed E-state index contributed by atoms with van der Waals surface area (Å²) in [7, 11) is 0. The standard InChI is InChI=1S/C7H7BF3N2O.K/c1-5(14)13-7-4-6(2-3-12-7)8(9,10)11;/h2-4H,1H3,(H,12,13,14);/q-1;+1. The van der Waals surface area contributed by atoms with Gasteiger partial charge in [-0.15, -0.1) is 5.46 Å². The van der Waals surface area contributed by atoms with Gasteiger partial charge in [-0.2, -0.15) is 0 Å². The van der Waals surface area contributed by atoms with Crippen LogP contribution < -0.4 is 62.2 Å². The van der Waals surface area contributed by atoms with E-state index in [1.807, 2.05) is 0 Å². The topological polar surface area (TPSA) is 42.0 Å². The molecule has 1 aromatic heterocycles. The summed E-state index contributed by atoms with van der Waals surface area (Å²) in [6, 6.07) is 1.67. The Kier molecular flexibility index (Phi) is 6.04. The minimum atomic E-state index is -5.04. The number of hydrogen-bond acceptors (Lipinski definition) is 2. The molecule has 0 aliphatic rings. The van der Waals surface area contributed by atoms with Gasteiger partial charge in [0.1, 0.15) is 5.82 Å². The van der Waals surface area contributed by atoms with Gasteiger partial charge >= 0.3 is 58.4 Å². The van der Waals surface area contributed by atoms with Crippen LogP contribution in [0.3, 0.4) is 0 Å². The van der Waals surface area contributed by atoms with Gasteiger partial charge in [0.05, 0.1) is 0 Å². The third-order valence-corrected chi connectivity index (χ3v) is 1.47. The van der Waals surface area contributed by atoms with Gasteiger partial charge in [0.25, 0.3) is 0 Å². The summed E-state index contributed by atoms with van der Waals surface area (Å²) in [4.78, 5) is 14.1. The third-order valence-electron chi connectivity index (χ3n) is 1.47. The number of rotatable bonds is 2. The first-order valence-corrected chi connectivity index (χ1v) is 3.83. The van der Waals surface area contributed by atoms with E-state index in [0.29, 0.717) is 0 Å². The van der Waals surface area contributed by atoms with Gasteiger partial charge in [0.2, 0.25) is 5.91 Å². The molecule has 1 rings (SSSR count). The van der Waals surface area contributed by atoms with Gasteiger partial charge in [-0.1, -0.05) is 6.07 Å². The summed E-state index contributed by atoms with van der Waals surface area (Å²) in [5.41, 5.74) is -0.774. The normalized spacial score (nSPS) is 10.4. The largest absolute Gasteiger partial charge is 1.00 e. The van der Waals surface area contributed by atoms with Gasteiger partial charge in [-0.05, 0) is 6.07 Å². The molecule has 0 radical (unpaired) electrons. The molecule has 1 N–H and O–H groups in total. The number of hydrogen-bond donors (Lipinski definition) is 1. The molecule has 3 nitrogen and oxygen atoms in total. The molecule has 1 amide bonds. The Balaban J connectivity index is 0.00000196. The van der Waals surface area contributed by atoms with E-state index in [-0.39, 0.29) is 57.2 Å². The Morgan fingerprint density at radius 2 is 2.07 bits per heavy atom. The number of carbonyl (C=O) groups excluding carboxylic acids is 1. The summed E-state index contributed by atoms with van der Waals surface area (Å²) >= 11 is 0. The SMILES string of the molecule is CC(=O)Nc1cc([B-](F)(F)F)ccn1.[K+]. The van der Waals surface area contributed by atoms with E-state index in [2.05, 4.69) is 10.3 Å². The first kappa shape index (κ1) is 15.1. The molecule has 0 bridgehead atoms. The fourth-order valence-corrected chi connectivity index (χ4v) is 0.899. The molecular weight excluding hydrogens is 235 g/mol. The van der Waals surface area contributed by atoms with Crippen LogP contribution in [-0.4, -0.2) is 17.9 Å². The fraction of sp³-hybridized carbons (Fsp3) is 0.143. The maximum absolute atomic E-state index is 12.2. The van der Waals surface area contributed by atoms with Gasteiger partial charge in [0.15, 0.2) is 0 Å². The number of aromatic nitrogens is 1. The number of nitrogens with zero attached hydrogens (tertiary/aromatic N) is 1. The molecule has 0 aromatic carbocycles. The Bertz CT molecular complexity index is 358. The maximum Gasteiger partial charge on any atom is 1.00 e. The van der Waals surface area contributed by atoms with Crippen molar-refractivity contribution >= 4 is 24.2 Å². The van der Waals surface area contributed by atoms with Crippen molar-refractivity contribution in [3.63, 3.8) is 0 Å². The summed E-state index contributed by atoms with van der Waals surface area (Å²) in [5.74, 6) is -0.543. The monoisotopic (exact) mass is 242 g/mol. The molecule has 0 atom stereocenters. The van der Waals surface area contributed by atoms with Crippen LogP contribution in [0.15, 0.2) is 18.3 Å². The molecule has 76 valence electrons. The molecule has 0 unspecified atom stereocenters. The summed E-state index contributed by atoms with van der Waals surface area (Å²) in [5, 5.41) is 2.18. The Hall–Kier alpha value is 0.111. The Morgan fingerprint density at radius 3 is 2.53 bits per heavy atom. The van der Waals surface area contributed by atoms with Crippen molar-refractivity contribution in [3.8, 4) is 0 Å². The van der Waals surface area contributed by atoms with Crippen molar-refractivity contribution in [2.45, 2.75) is 6.92 Å². The van der Waals surface area contributed by atoms with E-state index in [1.165, 1.54) is 6.92 Å². The van der Waals surface area contributed by atoms with E-state index < -0.39 is 18.3 Å². The molecule has 15 heavy (non-hydrogen) atoms. The number of halogens is 3. The summed E-state index contributed by atoms with van der Waals surface area (Å²) < 4.78 is 36.7. The molecule has 0 fully saturated rings. The Morgan fingerprint density at radius 1 is 1.47 bits per heavy atom. The van der Waals surface area contributed by atoms with Gasteiger partial charge < -0.3 is 18.3 Å². The van der Waals surface area contributed by atoms with Crippen molar-refractivity contribution in [1.29, 1.82) is 0 Å². The molecule has 1 heterocycles. The van der Waals surface area contributed by atoms with Gasteiger partial charge in [-0.3, -0.25) is 4.79 Å². The zero-order valence-corrected chi connectivity index (χ0v) is 11.4. The number of pyridine rings is 1. The zero-order valence-electron chi connectivity index (χ0n) is 8.30. The summed E-state index contributed by atoms with van der Waals surface area (Å²) in [6.45, 7) is -3.84. The third kappa shape index (κ3) is 5.12. The number of nitrogens with one attached hydrogen (secondary N) is 1. The van der Waals surface area contributed by atoms with Crippen LogP contribution in [0.4, 0.5) is 18.8 Å². The van der Waals surface area contributed by atoms with Crippen LogP contribution >= 0.6 is 0 Å². The minimum Gasteiger partial charge on any atom is -0.445 e. The molecule has 0 spiro atoms. The average molecular weight is 242 g/mol. The second-order valence-corrected chi connectivity index (χ2v) is 2.73. The van der Waals surface area contributed by atoms with Gasteiger partial charge in [0, 0.05) is 13.1 Å². The fourth-order valence-electron chi connectivity index (χ4n) is 0.899. The molecule has 8 heteroatoms. The molecular formula is C7H7BF3KN2O. The van der Waals surface area contributed by atoms with E-state index >= 15 is 0 Å². The van der Waals surface area contributed by atoms with Crippen LogP contribution in [-0.2, 0) is 4.79 Å². The van der Waals surface area contributed by atoms with E-state index in [9.17, 15) is 17.7 Å². The Labute approximate surface area is 127 Å². The van der Waals surface area contributed by atoms with Crippen LogP contribution in [0.5, 0.6) is 0 Å². The van der Waals surface area contributed by atoms with E-state index in [4.69, 9.17) is 0 Å². The van der Waals surface area contributed by atoms with Crippen LogP contribution in [0.1, 0.15) is 6.92 Å². The second kappa shape index (κ2) is 6.00. The average Bonchev–Trinajstić information content (AvgIpc) is 2.01. The van der Waals surface area contributed by atoms with Gasteiger partial charge in [-0.25, -0.2) is 4.98 Å². The maximum atomic E-state index is 12.2. The van der Waals surface area contributed by atoms with Crippen molar-refractivity contribution in [3.05, 3.63) is 18.3 Å². The van der Waals surface area contributed by atoms with Crippen LogP contribution in [0.2, 0.25) is 0 Å². The predicted octanol–water partition coefficient (Wildman–Crippen LogP) is -1.90. The quantitative estimate of drug-likeness (QED) is 0.615. The minimum absolute atomic E-state index is 0.